The van der Waals surface area contributed by atoms with Crippen molar-refractivity contribution in [2.75, 3.05) is 6.61 Å². The van der Waals surface area contributed by atoms with Gasteiger partial charge in [-0.2, -0.15) is 0 Å². The molecular weight excluding hydrogens is 514 g/mol. The molecule has 2 aliphatic carbocycles. The van der Waals surface area contributed by atoms with Crippen LogP contribution in [-0.2, 0) is 17.7 Å². The Morgan fingerprint density at radius 2 is 2.00 bits per heavy atom. The van der Waals surface area contributed by atoms with Crippen LogP contribution in [0.5, 0.6) is 0 Å². The lowest BCUT2D eigenvalue weighted by molar-refractivity contribution is -0.384. The van der Waals surface area contributed by atoms with Crippen LogP contribution >= 0.6 is 15.9 Å². The van der Waals surface area contributed by atoms with Crippen molar-refractivity contribution in [2.45, 2.75) is 45.6 Å². The lowest BCUT2D eigenvalue weighted by Crippen LogP contribution is -2.16. The number of para-hydroxylation sites is 1. The van der Waals surface area contributed by atoms with E-state index in [-0.39, 0.29) is 23.1 Å². The first-order valence-electron chi connectivity index (χ1n) is 11.6. The van der Waals surface area contributed by atoms with E-state index >= 15 is 0 Å². The molecule has 35 heavy (non-hydrogen) atoms. The number of hydrogen-bond donors (Lipinski definition) is 0. The molecule has 0 saturated heterocycles. The van der Waals surface area contributed by atoms with E-state index in [1.165, 1.54) is 6.07 Å². The first-order chi connectivity index (χ1) is 17.0. The van der Waals surface area contributed by atoms with Gasteiger partial charge in [-0.1, -0.05) is 19.1 Å². The molecule has 0 N–H and O–H groups in total. The van der Waals surface area contributed by atoms with Crippen LogP contribution in [0.3, 0.4) is 0 Å². The summed E-state index contributed by atoms with van der Waals surface area (Å²) < 4.78 is 13.5. The van der Waals surface area contributed by atoms with Crippen LogP contribution in [0, 0.1) is 10.1 Å². The Kier molecular flexibility index (Phi) is 6.19. The summed E-state index contributed by atoms with van der Waals surface area (Å²) in [6.45, 7) is 4.37. The topological polar surface area (TPSA) is 100 Å². The summed E-state index contributed by atoms with van der Waals surface area (Å²) in [7, 11) is 0. The zero-order chi connectivity index (χ0) is 24.7. The maximum Gasteiger partial charge on any atom is 0.356 e. The highest BCUT2D eigenvalue weighted by Crippen LogP contribution is 2.49. The molecule has 1 fully saturated rings. The van der Waals surface area contributed by atoms with Crippen LogP contribution < -0.4 is 0 Å². The van der Waals surface area contributed by atoms with E-state index in [0.717, 1.165) is 41.1 Å². The maximum absolute atomic E-state index is 13.1. The first-order valence-corrected chi connectivity index (χ1v) is 12.4. The molecular formula is C26H24BrN3O5. The molecule has 2 aromatic rings. The van der Waals surface area contributed by atoms with Gasteiger partial charge in [0.05, 0.1) is 41.9 Å². The Morgan fingerprint density at radius 1 is 1.23 bits per heavy atom. The van der Waals surface area contributed by atoms with Crippen molar-refractivity contribution in [2.24, 2.45) is 0 Å². The van der Waals surface area contributed by atoms with Crippen LogP contribution in [0.25, 0.3) is 22.3 Å². The number of nitrogens with zero attached hydrogens (tertiary/aromatic N) is 3. The highest BCUT2D eigenvalue weighted by molar-refractivity contribution is 9.10. The molecule has 180 valence electrons. The van der Waals surface area contributed by atoms with Gasteiger partial charge >= 0.3 is 5.97 Å². The number of esters is 1. The minimum Gasteiger partial charge on any atom is -0.472 e. The summed E-state index contributed by atoms with van der Waals surface area (Å²) in [5.41, 5.74) is 5.00. The number of aryl methyl sites for hydroxylation is 1. The third kappa shape index (κ3) is 4.03. The first kappa shape index (κ1) is 23.3. The third-order valence-corrected chi connectivity index (χ3v) is 7.20. The largest absolute Gasteiger partial charge is 0.472 e. The Balaban J connectivity index is 1.76. The third-order valence-electron chi connectivity index (χ3n) is 6.38. The Labute approximate surface area is 210 Å². The molecule has 0 amide bonds. The number of nitro groups is 1. The van der Waals surface area contributed by atoms with Crippen LogP contribution in [0.2, 0.25) is 0 Å². The Bertz CT molecular complexity index is 1400. The van der Waals surface area contributed by atoms with Crippen molar-refractivity contribution in [3.05, 3.63) is 80.2 Å². The number of ether oxygens (including phenoxy) is 1. The lowest BCUT2D eigenvalue weighted by atomic mass is 10.0. The minimum absolute atomic E-state index is 0.00678. The second-order valence-electron chi connectivity index (χ2n) is 8.52. The fourth-order valence-electron chi connectivity index (χ4n) is 4.67. The monoisotopic (exact) mass is 537 g/mol. The van der Waals surface area contributed by atoms with Gasteiger partial charge in [-0.3, -0.25) is 10.1 Å². The highest BCUT2D eigenvalue weighted by Gasteiger charge is 2.36. The second-order valence-corrected chi connectivity index (χ2v) is 9.32. The molecule has 0 atom stereocenters. The fraction of sp³-hybridized carbons (Fsp3) is 0.308. The van der Waals surface area contributed by atoms with Crippen molar-refractivity contribution in [1.29, 1.82) is 0 Å². The summed E-state index contributed by atoms with van der Waals surface area (Å²) in [5.74, 6) is 0.658. The van der Waals surface area contributed by atoms with Crippen molar-refractivity contribution < 1.29 is 18.9 Å². The zero-order valence-electron chi connectivity index (χ0n) is 19.4. The number of carbonyl (C=O) groups excluding carboxylic acids is 1. The number of rotatable bonds is 8. The zero-order valence-corrected chi connectivity index (χ0v) is 21.0. The molecule has 0 bridgehead atoms. The molecule has 1 aromatic carbocycles. The predicted octanol–water partition coefficient (Wildman–Crippen LogP) is 6.58. The van der Waals surface area contributed by atoms with E-state index in [0.29, 0.717) is 34.3 Å². The van der Waals surface area contributed by atoms with Crippen LogP contribution in [0.4, 0.5) is 5.69 Å². The molecule has 3 aliphatic rings. The molecule has 1 aromatic heterocycles. The van der Waals surface area contributed by atoms with E-state index in [4.69, 9.17) is 14.1 Å². The SMILES string of the molecule is CCOC(=O)c1c(C2CC2)nc(CC)n1Cc1c2ccocc-2c(Br)c1-c1ccccc1[N+](=O)[O-]. The van der Waals surface area contributed by atoms with Crippen molar-refractivity contribution in [1.82, 2.24) is 9.55 Å². The standard InChI is InChI=1S/C26H24BrN3O5/c1-3-21-28-24(15-9-10-15)25(26(31)35-4-2)29(21)13-18-16-11-12-34-14-19(16)23(27)22(18)17-7-5-6-8-20(17)30(32)33/h5-8,11-12,14-15H,3-4,9-10,13H2,1-2H3. The average Bonchev–Trinajstić information content (AvgIpc) is 3.59. The van der Waals surface area contributed by atoms with Gasteiger partial charge in [-0.25, -0.2) is 9.78 Å². The van der Waals surface area contributed by atoms with Gasteiger partial charge in [0.15, 0.2) is 5.69 Å². The van der Waals surface area contributed by atoms with Crippen LogP contribution in [0.15, 0.2) is 51.7 Å². The Morgan fingerprint density at radius 3 is 2.69 bits per heavy atom. The van der Waals surface area contributed by atoms with Crippen molar-refractivity contribution in [3.8, 4) is 22.3 Å². The number of carbonyl (C=O) groups is 1. The van der Waals surface area contributed by atoms with Crippen LogP contribution in [-0.4, -0.2) is 27.1 Å². The normalized spacial score (nSPS) is 13.3. The quantitative estimate of drug-likeness (QED) is 0.143. The van der Waals surface area contributed by atoms with E-state index in [9.17, 15) is 14.9 Å². The maximum atomic E-state index is 13.1. The number of fused-ring (bicyclic) bond motifs is 1. The summed E-state index contributed by atoms with van der Waals surface area (Å²) >= 11 is 3.68. The van der Waals surface area contributed by atoms with Gasteiger partial charge < -0.3 is 13.7 Å². The number of halogens is 1. The van der Waals surface area contributed by atoms with Gasteiger partial charge in [-0.05, 0) is 59.0 Å². The number of imidazole rings is 1. The molecule has 0 unspecified atom stereocenters. The van der Waals surface area contributed by atoms with Gasteiger partial charge in [0.2, 0.25) is 0 Å². The molecule has 8 nitrogen and oxygen atoms in total. The Hall–Kier alpha value is -3.46. The molecule has 2 heterocycles. The van der Waals surface area contributed by atoms with E-state index in [1.54, 1.807) is 37.6 Å². The predicted molar refractivity (Wildman–Crippen MR) is 134 cm³/mol. The van der Waals surface area contributed by atoms with Gasteiger partial charge in [-0.15, -0.1) is 0 Å². The number of benzene rings is 1. The summed E-state index contributed by atoms with van der Waals surface area (Å²) in [4.78, 5) is 29.5. The van der Waals surface area contributed by atoms with Gasteiger partial charge in [0, 0.05) is 34.0 Å². The summed E-state index contributed by atoms with van der Waals surface area (Å²) in [5, 5.41) is 11.9. The highest BCUT2D eigenvalue weighted by atomic mass is 79.9. The molecule has 0 radical (unpaired) electrons. The average molecular weight is 538 g/mol. The van der Waals surface area contributed by atoms with Gasteiger partial charge in [0.1, 0.15) is 5.82 Å². The summed E-state index contributed by atoms with van der Waals surface area (Å²) in [6, 6.07) is 8.53. The van der Waals surface area contributed by atoms with E-state index < -0.39 is 5.97 Å². The van der Waals surface area contributed by atoms with Gasteiger partial charge in [0.25, 0.3) is 5.69 Å². The summed E-state index contributed by atoms with van der Waals surface area (Å²) in [6.07, 6.45) is 5.84. The van der Waals surface area contributed by atoms with E-state index in [2.05, 4.69) is 15.9 Å². The van der Waals surface area contributed by atoms with Crippen molar-refractivity contribution >= 4 is 27.6 Å². The smallest absolute Gasteiger partial charge is 0.356 e. The molecule has 1 aliphatic heterocycles. The lowest BCUT2D eigenvalue weighted by Gasteiger charge is -2.14. The van der Waals surface area contributed by atoms with Crippen LogP contribution in [0.1, 0.15) is 60.2 Å². The minimum atomic E-state index is -0.390. The molecule has 9 heteroatoms. The van der Waals surface area contributed by atoms with E-state index in [1.807, 2.05) is 17.6 Å². The number of hydrogen-bond acceptors (Lipinski definition) is 6. The molecule has 5 rings (SSSR count). The molecule has 0 spiro atoms. The second kappa shape index (κ2) is 9.30. The number of aromatic nitrogens is 2. The molecule has 1 saturated carbocycles. The fourth-order valence-corrected chi connectivity index (χ4v) is 5.43. The van der Waals surface area contributed by atoms with Crippen molar-refractivity contribution in [3.63, 3.8) is 0 Å². The number of nitro benzene ring substituents is 1.